The van der Waals surface area contributed by atoms with E-state index < -0.39 is 11.4 Å². The van der Waals surface area contributed by atoms with Crippen molar-refractivity contribution in [3.8, 4) is 0 Å². The molecule has 20 heavy (non-hydrogen) atoms. The van der Waals surface area contributed by atoms with Gasteiger partial charge in [-0.1, -0.05) is 19.8 Å². The van der Waals surface area contributed by atoms with E-state index in [9.17, 15) is 9.90 Å². The van der Waals surface area contributed by atoms with Crippen LogP contribution in [0.5, 0.6) is 0 Å². The zero-order chi connectivity index (χ0) is 14.8. The van der Waals surface area contributed by atoms with Crippen molar-refractivity contribution >= 4 is 5.97 Å². The fraction of sp³-hybridized carbons (Fsp3) is 0.938. The van der Waals surface area contributed by atoms with Crippen molar-refractivity contribution in [2.75, 3.05) is 40.3 Å². The van der Waals surface area contributed by atoms with Crippen molar-refractivity contribution in [3.63, 3.8) is 0 Å². The normalized spacial score (nSPS) is 35.6. The first-order valence-electron chi connectivity index (χ1n) is 8.02. The van der Waals surface area contributed by atoms with Gasteiger partial charge in [0.05, 0.1) is 5.41 Å². The van der Waals surface area contributed by atoms with Crippen LogP contribution in [0, 0.1) is 17.3 Å². The van der Waals surface area contributed by atoms with E-state index in [1.807, 2.05) is 0 Å². The number of nitrogens with zero attached hydrogens (tertiary/aromatic N) is 2. The van der Waals surface area contributed by atoms with Gasteiger partial charge in [-0.05, 0) is 51.7 Å². The second kappa shape index (κ2) is 6.44. The molecule has 3 atom stereocenters. The van der Waals surface area contributed by atoms with Crippen molar-refractivity contribution in [1.82, 2.24) is 9.80 Å². The molecule has 116 valence electrons. The molecule has 2 rings (SSSR count). The van der Waals surface area contributed by atoms with Gasteiger partial charge in [-0.2, -0.15) is 0 Å². The first kappa shape index (κ1) is 15.8. The van der Waals surface area contributed by atoms with Crippen LogP contribution in [-0.4, -0.2) is 61.2 Å². The summed E-state index contributed by atoms with van der Waals surface area (Å²) in [5.41, 5.74) is -0.503. The molecule has 1 saturated carbocycles. The van der Waals surface area contributed by atoms with Crippen LogP contribution in [0.2, 0.25) is 0 Å². The Morgan fingerprint density at radius 2 is 2.20 bits per heavy atom. The van der Waals surface area contributed by atoms with Gasteiger partial charge in [0.25, 0.3) is 0 Å². The minimum atomic E-state index is -0.584. The lowest BCUT2D eigenvalue weighted by atomic mass is 9.69. The van der Waals surface area contributed by atoms with E-state index in [-0.39, 0.29) is 0 Å². The largest absolute Gasteiger partial charge is 0.481 e. The van der Waals surface area contributed by atoms with Crippen LogP contribution < -0.4 is 0 Å². The maximum atomic E-state index is 11.8. The zero-order valence-corrected chi connectivity index (χ0v) is 13.3. The fourth-order valence-corrected chi connectivity index (χ4v) is 4.26. The van der Waals surface area contributed by atoms with Gasteiger partial charge in [0, 0.05) is 19.6 Å². The van der Waals surface area contributed by atoms with E-state index in [4.69, 9.17) is 0 Å². The molecule has 2 aliphatic rings. The molecule has 1 N–H and O–H groups in total. The van der Waals surface area contributed by atoms with Gasteiger partial charge in [-0.15, -0.1) is 0 Å². The summed E-state index contributed by atoms with van der Waals surface area (Å²) in [7, 11) is 4.27. The van der Waals surface area contributed by atoms with Crippen molar-refractivity contribution in [3.05, 3.63) is 0 Å². The molecular formula is C16H30N2O2. The molecule has 1 heterocycles. The molecule has 4 heteroatoms. The van der Waals surface area contributed by atoms with Crippen LogP contribution in [-0.2, 0) is 4.79 Å². The summed E-state index contributed by atoms with van der Waals surface area (Å²) in [5, 5.41) is 9.72. The summed E-state index contributed by atoms with van der Waals surface area (Å²) >= 11 is 0. The van der Waals surface area contributed by atoms with Gasteiger partial charge in [-0.25, -0.2) is 0 Å². The van der Waals surface area contributed by atoms with Crippen molar-refractivity contribution < 1.29 is 9.90 Å². The minimum absolute atomic E-state index is 0.503. The fourth-order valence-electron chi connectivity index (χ4n) is 4.26. The summed E-state index contributed by atoms with van der Waals surface area (Å²) in [6.45, 7) is 6.28. The zero-order valence-electron chi connectivity index (χ0n) is 13.3. The van der Waals surface area contributed by atoms with Crippen LogP contribution in [0.15, 0.2) is 0 Å². The lowest BCUT2D eigenvalue weighted by Gasteiger charge is -2.39. The summed E-state index contributed by atoms with van der Waals surface area (Å²) in [4.78, 5) is 16.5. The Morgan fingerprint density at radius 3 is 2.75 bits per heavy atom. The second-order valence-electron chi connectivity index (χ2n) is 7.40. The third-order valence-electron chi connectivity index (χ3n) is 5.18. The Morgan fingerprint density at radius 1 is 1.45 bits per heavy atom. The van der Waals surface area contributed by atoms with Crippen molar-refractivity contribution in [2.24, 2.45) is 17.3 Å². The maximum absolute atomic E-state index is 11.8. The third kappa shape index (κ3) is 3.73. The van der Waals surface area contributed by atoms with E-state index in [0.29, 0.717) is 18.4 Å². The van der Waals surface area contributed by atoms with E-state index in [2.05, 4.69) is 30.8 Å². The average molecular weight is 282 g/mol. The molecular weight excluding hydrogens is 252 g/mol. The molecule has 0 amide bonds. The van der Waals surface area contributed by atoms with Gasteiger partial charge in [0.1, 0.15) is 0 Å². The lowest BCUT2D eigenvalue weighted by Crippen LogP contribution is -2.46. The molecule has 1 aliphatic carbocycles. The predicted octanol–water partition coefficient (Wildman–Crippen LogP) is 2.15. The first-order chi connectivity index (χ1) is 9.41. The molecule has 0 aromatic rings. The van der Waals surface area contributed by atoms with Crippen LogP contribution in [0.4, 0.5) is 0 Å². The number of carbonyl (C=O) groups is 1. The summed E-state index contributed by atoms with van der Waals surface area (Å²) in [6, 6.07) is 0. The highest BCUT2D eigenvalue weighted by Crippen LogP contribution is 2.40. The lowest BCUT2D eigenvalue weighted by molar-refractivity contribution is -0.153. The highest BCUT2D eigenvalue weighted by Gasteiger charge is 2.42. The maximum Gasteiger partial charge on any atom is 0.310 e. The molecule has 0 bridgehead atoms. The number of likely N-dealkylation sites (tertiary alicyclic amines) is 1. The smallest absolute Gasteiger partial charge is 0.310 e. The van der Waals surface area contributed by atoms with Gasteiger partial charge in [0.2, 0.25) is 0 Å². The molecule has 0 aromatic carbocycles. The number of rotatable bonds is 5. The highest BCUT2D eigenvalue weighted by molar-refractivity contribution is 5.75. The summed E-state index contributed by atoms with van der Waals surface area (Å²) < 4.78 is 0. The van der Waals surface area contributed by atoms with E-state index >= 15 is 0 Å². The van der Waals surface area contributed by atoms with Gasteiger partial charge in [-0.3, -0.25) is 4.79 Å². The molecule has 1 saturated heterocycles. The van der Waals surface area contributed by atoms with Crippen LogP contribution in [0.3, 0.4) is 0 Å². The second-order valence-corrected chi connectivity index (χ2v) is 7.40. The van der Waals surface area contributed by atoms with Crippen molar-refractivity contribution in [2.45, 2.75) is 39.0 Å². The minimum Gasteiger partial charge on any atom is -0.481 e. The Balaban J connectivity index is 1.92. The topological polar surface area (TPSA) is 43.8 Å². The standard InChI is InChI=1S/C16H30N2O2/c1-13-5-4-7-16(9-13,15(19)20)12-18(3)11-14-6-8-17(2)10-14/h13-14H,4-12H2,1-3H3,(H,19,20). The number of carboxylic acid groups (broad SMARTS) is 1. The summed E-state index contributed by atoms with van der Waals surface area (Å²) in [5.74, 6) is 0.669. The molecule has 0 spiro atoms. The Hall–Kier alpha value is -0.610. The molecule has 1 aliphatic heterocycles. The Bertz CT molecular complexity index is 347. The average Bonchev–Trinajstić information content (AvgIpc) is 2.74. The summed E-state index contributed by atoms with van der Waals surface area (Å²) in [6.07, 6.45) is 5.19. The van der Waals surface area contributed by atoms with Crippen LogP contribution >= 0.6 is 0 Å². The number of hydrogen-bond donors (Lipinski definition) is 1. The van der Waals surface area contributed by atoms with Gasteiger partial charge in [0.15, 0.2) is 0 Å². The molecule has 0 aromatic heterocycles. The third-order valence-corrected chi connectivity index (χ3v) is 5.18. The van der Waals surface area contributed by atoms with Crippen LogP contribution in [0.25, 0.3) is 0 Å². The quantitative estimate of drug-likeness (QED) is 0.839. The van der Waals surface area contributed by atoms with Gasteiger partial charge >= 0.3 is 5.97 Å². The first-order valence-corrected chi connectivity index (χ1v) is 8.02. The molecule has 4 nitrogen and oxygen atoms in total. The van der Waals surface area contributed by atoms with E-state index in [1.54, 1.807) is 0 Å². The predicted molar refractivity (Wildman–Crippen MR) is 80.8 cm³/mol. The van der Waals surface area contributed by atoms with Gasteiger partial charge < -0.3 is 14.9 Å². The van der Waals surface area contributed by atoms with E-state index in [0.717, 1.165) is 32.4 Å². The Kier molecular flexibility index (Phi) is 5.08. The van der Waals surface area contributed by atoms with E-state index in [1.165, 1.54) is 19.4 Å². The molecule has 3 unspecified atom stereocenters. The van der Waals surface area contributed by atoms with Crippen LogP contribution in [0.1, 0.15) is 39.0 Å². The number of hydrogen-bond acceptors (Lipinski definition) is 3. The van der Waals surface area contributed by atoms with Crippen molar-refractivity contribution in [1.29, 1.82) is 0 Å². The number of aliphatic carboxylic acids is 1. The number of carboxylic acids is 1. The monoisotopic (exact) mass is 282 g/mol. The molecule has 0 radical (unpaired) electrons. The highest BCUT2D eigenvalue weighted by atomic mass is 16.4. The molecule has 2 fully saturated rings. The SMILES string of the molecule is CC1CCCC(CN(C)CC2CCN(C)C2)(C(=O)O)C1. The Labute approximate surface area is 123 Å².